The summed E-state index contributed by atoms with van der Waals surface area (Å²) < 4.78 is 30.1. The number of rotatable bonds is 4. The largest absolute Gasteiger partial charge is 0.465 e. The third kappa shape index (κ3) is 2.86. The number of fused-ring (bicyclic) bond motifs is 1. The van der Waals surface area contributed by atoms with E-state index in [0.717, 1.165) is 0 Å². The molecule has 0 spiro atoms. The molecular formula is C14H15F2N3O2. The van der Waals surface area contributed by atoms with Crippen molar-refractivity contribution < 1.29 is 18.3 Å². The Morgan fingerprint density at radius 1 is 1.48 bits per heavy atom. The Bertz CT molecular complexity index is 614. The minimum atomic E-state index is -0.743. The number of carbonyl (C=O) groups excluding carboxylic acids is 1. The zero-order valence-corrected chi connectivity index (χ0v) is 11.5. The minimum Gasteiger partial charge on any atom is -0.465 e. The molecule has 2 rings (SSSR count). The fourth-order valence-corrected chi connectivity index (χ4v) is 2.15. The summed E-state index contributed by atoms with van der Waals surface area (Å²) in [5.74, 6) is -0.428. The van der Waals surface area contributed by atoms with Gasteiger partial charge in [0.25, 0.3) is 0 Å². The number of esters is 1. The number of ether oxygens (including phenoxy) is 1. The molecule has 0 aromatic heterocycles. The van der Waals surface area contributed by atoms with Crippen molar-refractivity contribution in [3.05, 3.63) is 35.4 Å². The number of benzene rings is 1. The molecule has 1 aromatic rings. The van der Waals surface area contributed by atoms with Gasteiger partial charge in [-0.15, -0.1) is 0 Å². The second-order valence-electron chi connectivity index (χ2n) is 4.28. The van der Waals surface area contributed by atoms with Crippen molar-refractivity contribution in [3.8, 4) is 0 Å². The van der Waals surface area contributed by atoms with Gasteiger partial charge in [0.15, 0.2) is 0 Å². The van der Waals surface area contributed by atoms with Crippen molar-refractivity contribution >= 4 is 23.3 Å². The number of halogens is 2. The van der Waals surface area contributed by atoms with Crippen LogP contribution in [-0.2, 0) is 4.74 Å². The molecule has 1 aliphatic heterocycles. The van der Waals surface area contributed by atoms with E-state index in [1.54, 1.807) is 12.1 Å². The first-order valence-corrected chi connectivity index (χ1v) is 6.29. The van der Waals surface area contributed by atoms with Crippen LogP contribution >= 0.6 is 0 Å². The van der Waals surface area contributed by atoms with E-state index in [2.05, 4.69) is 9.73 Å². The van der Waals surface area contributed by atoms with Crippen molar-refractivity contribution in [3.63, 3.8) is 0 Å². The van der Waals surface area contributed by atoms with Crippen molar-refractivity contribution in [2.45, 2.75) is 0 Å². The highest BCUT2D eigenvalue weighted by Gasteiger charge is 2.24. The monoisotopic (exact) mass is 295 g/mol. The van der Waals surface area contributed by atoms with Crippen LogP contribution in [0.2, 0.25) is 0 Å². The van der Waals surface area contributed by atoms with E-state index in [0.29, 0.717) is 22.5 Å². The first-order chi connectivity index (χ1) is 10.1. The second-order valence-corrected chi connectivity index (χ2v) is 4.28. The number of allylic oxidation sites excluding steroid dienone is 1. The van der Waals surface area contributed by atoms with Gasteiger partial charge in [-0.2, -0.15) is 0 Å². The van der Waals surface area contributed by atoms with Gasteiger partial charge in [-0.3, -0.25) is 0 Å². The number of guanidine groups is 1. The third-order valence-electron chi connectivity index (χ3n) is 3.07. The Hall–Kier alpha value is -2.44. The van der Waals surface area contributed by atoms with Crippen molar-refractivity contribution in [1.82, 2.24) is 4.90 Å². The van der Waals surface area contributed by atoms with Gasteiger partial charge in [0.1, 0.15) is 13.3 Å². The molecule has 7 heteroatoms. The van der Waals surface area contributed by atoms with Crippen LogP contribution in [0, 0.1) is 0 Å². The van der Waals surface area contributed by atoms with Crippen LogP contribution in [-0.4, -0.2) is 43.8 Å². The zero-order valence-electron chi connectivity index (χ0n) is 11.5. The van der Waals surface area contributed by atoms with E-state index in [1.165, 1.54) is 24.2 Å². The van der Waals surface area contributed by atoms with Gasteiger partial charge in [-0.1, -0.05) is 0 Å². The molecule has 0 atom stereocenters. The molecule has 1 heterocycles. The number of nitrogens with zero attached hydrogens (tertiary/aromatic N) is 2. The zero-order chi connectivity index (χ0) is 15.4. The summed E-state index contributed by atoms with van der Waals surface area (Å²) >= 11 is 0. The summed E-state index contributed by atoms with van der Waals surface area (Å²) in [7, 11) is 1.27. The second kappa shape index (κ2) is 6.34. The topological polar surface area (TPSA) is 67.9 Å². The molecule has 0 radical (unpaired) electrons. The average molecular weight is 295 g/mol. The maximum Gasteiger partial charge on any atom is 0.337 e. The number of hydrogen-bond acceptors (Lipinski definition) is 5. The van der Waals surface area contributed by atoms with Gasteiger partial charge in [0.2, 0.25) is 5.96 Å². The average Bonchev–Trinajstić information content (AvgIpc) is 2.49. The van der Waals surface area contributed by atoms with Gasteiger partial charge < -0.3 is 15.4 Å². The lowest BCUT2D eigenvalue weighted by atomic mass is 10.0. The Morgan fingerprint density at radius 2 is 2.24 bits per heavy atom. The molecule has 0 saturated carbocycles. The molecule has 0 bridgehead atoms. The highest BCUT2D eigenvalue weighted by Crippen LogP contribution is 2.34. The summed E-state index contributed by atoms with van der Waals surface area (Å²) in [5, 5.41) is 0. The molecule has 1 aliphatic rings. The van der Waals surface area contributed by atoms with Gasteiger partial charge in [0, 0.05) is 5.56 Å². The molecule has 0 fully saturated rings. The van der Waals surface area contributed by atoms with E-state index in [1.807, 2.05) is 0 Å². The molecule has 0 unspecified atom stereocenters. The van der Waals surface area contributed by atoms with E-state index >= 15 is 0 Å². The fourth-order valence-electron chi connectivity index (χ4n) is 2.15. The van der Waals surface area contributed by atoms with Crippen LogP contribution in [0.1, 0.15) is 15.9 Å². The molecule has 0 amide bonds. The van der Waals surface area contributed by atoms with Gasteiger partial charge >= 0.3 is 5.97 Å². The van der Waals surface area contributed by atoms with Crippen LogP contribution in [0.4, 0.5) is 14.5 Å². The van der Waals surface area contributed by atoms with Crippen LogP contribution in [0.5, 0.6) is 0 Å². The van der Waals surface area contributed by atoms with Crippen LogP contribution < -0.4 is 5.73 Å². The number of nitrogens with two attached hydrogens (primary N) is 1. The fraction of sp³-hybridized carbons (Fsp3) is 0.286. The molecule has 5 nitrogen and oxygen atoms in total. The first kappa shape index (κ1) is 15.0. The minimum absolute atomic E-state index is 0.0386. The van der Waals surface area contributed by atoms with Crippen molar-refractivity contribution in [2.24, 2.45) is 10.7 Å². The molecule has 112 valence electrons. The molecule has 21 heavy (non-hydrogen) atoms. The quantitative estimate of drug-likeness (QED) is 0.863. The molecule has 0 aliphatic carbocycles. The molecular weight excluding hydrogens is 280 g/mol. The van der Waals surface area contributed by atoms with Crippen molar-refractivity contribution in [2.75, 3.05) is 27.0 Å². The lowest BCUT2D eigenvalue weighted by Gasteiger charge is -2.30. The third-order valence-corrected chi connectivity index (χ3v) is 3.07. The summed E-state index contributed by atoms with van der Waals surface area (Å²) in [4.78, 5) is 17.1. The van der Waals surface area contributed by atoms with Gasteiger partial charge in [-0.05, 0) is 24.3 Å². The van der Waals surface area contributed by atoms with E-state index in [9.17, 15) is 13.6 Å². The maximum absolute atomic E-state index is 12.8. The normalized spacial score (nSPS) is 15.7. The Kier molecular flexibility index (Phi) is 4.52. The first-order valence-electron chi connectivity index (χ1n) is 6.29. The van der Waals surface area contributed by atoms with Crippen LogP contribution in [0.25, 0.3) is 5.70 Å². The predicted molar refractivity (Wildman–Crippen MR) is 75.7 cm³/mol. The Balaban J connectivity index is 2.55. The van der Waals surface area contributed by atoms with Crippen LogP contribution in [0.3, 0.4) is 0 Å². The maximum atomic E-state index is 12.8. The highest BCUT2D eigenvalue weighted by atomic mass is 19.1. The number of aliphatic imine (C=N–C) groups is 1. The van der Waals surface area contributed by atoms with E-state index in [4.69, 9.17) is 5.73 Å². The summed E-state index contributed by atoms with van der Waals surface area (Å²) in [6.07, 6.45) is 1.27. The predicted octanol–water partition coefficient (Wildman–Crippen LogP) is 2.01. The van der Waals surface area contributed by atoms with Crippen molar-refractivity contribution in [1.29, 1.82) is 0 Å². The van der Waals surface area contributed by atoms with E-state index < -0.39 is 19.3 Å². The summed E-state index contributed by atoms with van der Waals surface area (Å²) in [5.41, 5.74) is 7.48. The molecule has 1 aromatic carbocycles. The molecule has 0 saturated heterocycles. The van der Waals surface area contributed by atoms with Gasteiger partial charge in [0.05, 0.1) is 30.6 Å². The van der Waals surface area contributed by atoms with E-state index in [-0.39, 0.29) is 12.5 Å². The smallest absolute Gasteiger partial charge is 0.337 e. The number of carbonyl (C=O) groups is 1. The lowest BCUT2D eigenvalue weighted by Crippen LogP contribution is -2.39. The summed E-state index contributed by atoms with van der Waals surface area (Å²) in [6.45, 7) is -1.44. The summed E-state index contributed by atoms with van der Waals surface area (Å²) in [6, 6.07) is 4.66. The SMILES string of the molecule is COC(=O)c1ccc2c(c1)/C(=C/CF)N(CCF)C(N)=N2. The van der Waals surface area contributed by atoms with Crippen LogP contribution in [0.15, 0.2) is 29.3 Å². The molecule has 2 N–H and O–H groups in total. The number of hydrogen-bond donors (Lipinski definition) is 1. The number of alkyl halides is 2. The lowest BCUT2D eigenvalue weighted by molar-refractivity contribution is 0.0600. The highest BCUT2D eigenvalue weighted by molar-refractivity contribution is 5.98. The standard InChI is InChI=1S/C14H15F2N3O2/c1-21-13(20)9-2-3-11-10(8-9)12(4-5-15)19(7-6-16)14(17)18-11/h2-4,8H,5-7H2,1H3,(H2,17,18)/b12-4-. The van der Waals surface area contributed by atoms with Gasteiger partial charge in [-0.25, -0.2) is 18.6 Å². The Morgan fingerprint density at radius 3 is 2.86 bits per heavy atom. The number of methoxy groups -OCH3 is 1. The Labute approximate surface area is 120 Å².